The van der Waals surface area contributed by atoms with Crippen molar-refractivity contribution in [3.05, 3.63) is 27.2 Å². The SMILES string of the molecule is Clc1cc(Cl)c(N2CCNS2)c(Cl)c1. The zero-order valence-corrected chi connectivity index (χ0v) is 10.1. The van der Waals surface area contributed by atoms with Crippen LogP contribution < -0.4 is 9.03 Å². The summed E-state index contributed by atoms with van der Waals surface area (Å²) in [6, 6.07) is 3.40. The second-order valence-corrected chi connectivity index (χ2v) is 4.97. The summed E-state index contributed by atoms with van der Waals surface area (Å²) in [7, 11) is 0. The Morgan fingerprint density at radius 1 is 1.21 bits per heavy atom. The first-order chi connectivity index (χ1) is 6.68. The lowest BCUT2D eigenvalue weighted by Crippen LogP contribution is -2.11. The number of anilines is 1. The first-order valence-corrected chi connectivity index (χ1v) is 5.91. The summed E-state index contributed by atoms with van der Waals surface area (Å²) in [6.45, 7) is 1.80. The number of rotatable bonds is 1. The number of hydrogen-bond acceptors (Lipinski definition) is 3. The van der Waals surface area contributed by atoms with Crippen LogP contribution in [0.3, 0.4) is 0 Å². The van der Waals surface area contributed by atoms with E-state index in [9.17, 15) is 0 Å². The van der Waals surface area contributed by atoms with Crippen LogP contribution in [0.2, 0.25) is 15.1 Å². The maximum absolute atomic E-state index is 6.06. The lowest BCUT2D eigenvalue weighted by molar-refractivity contribution is 0.979. The highest BCUT2D eigenvalue weighted by molar-refractivity contribution is 7.99. The molecule has 0 amide bonds. The molecule has 0 spiro atoms. The molecule has 0 radical (unpaired) electrons. The molecule has 14 heavy (non-hydrogen) atoms. The maximum Gasteiger partial charge on any atom is 0.0856 e. The molecule has 76 valence electrons. The van der Waals surface area contributed by atoms with Crippen LogP contribution >= 0.6 is 46.9 Å². The van der Waals surface area contributed by atoms with Gasteiger partial charge in [-0.05, 0) is 12.1 Å². The Hall–Kier alpha value is 0.200. The maximum atomic E-state index is 6.06. The van der Waals surface area contributed by atoms with Crippen molar-refractivity contribution in [2.75, 3.05) is 17.4 Å². The Kier molecular flexibility index (Phi) is 3.34. The van der Waals surface area contributed by atoms with Crippen molar-refractivity contribution in [1.29, 1.82) is 0 Å². The van der Waals surface area contributed by atoms with Crippen LogP contribution in [0.5, 0.6) is 0 Å². The van der Waals surface area contributed by atoms with Gasteiger partial charge in [0.1, 0.15) is 0 Å². The molecule has 1 N–H and O–H groups in total. The van der Waals surface area contributed by atoms with Crippen molar-refractivity contribution in [2.24, 2.45) is 0 Å². The molecule has 1 heterocycles. The number of halogens is 3. The highest BCUT2D eigenvalue weighted by atomic mass is 35.5. The normalized spacial score (nSPS) is 16.4. The van der Waals surface area contributed by atoms with Gasteiger partial charge in [0.15, 0.2) is 0 Å². The smallest absolute Gasteiger partial charge is 0.0856 e. The van der Waals surface area contributed by atoms with Gasteiger partial charge >= 0.3 is 0 Å². The molecule has 1 aromatic rings. The van der Waals surface area contributed by atoms with Crippen molar-refractivity contribution < 1.29 is 0 Å². The van der Waals surface area contributed by atoms with Crippen molar-refractivity contribution in [2.45, 2.75) is 0 Å². The van der Waals surface area contributed by atoms with E-state index in [4.69, 9.17) is 34.8 Å². The molecule has 1 fully saturated rings. The van der Waals surface area contributed by atoms with Crippen LogP contribution in [0.1, 0.15) is 0 Å². The van der Waals surface area contributed by atoms with Gasteiger partial charge in [-0.15, -0.1) is 0 Å². The Labute approximate surface area is 102 Å². The highest BCUT2D eigenvalue weighted by Gasteiger charge is 2.19. The van der Waals surface area contributed by atoms with Crippen molar-refractivity contribution in [1.82, 2.24) is 4.72 Å². The number of hydrogen-bond donors (Lipinski definition) is 1. The minimum absolute atomic E-state index is 0.556. The zero-order valence-electron chi connectivity index (χ0n) is 7.06. The fourth-order valence-electron chi connectivity index (χ4n) is 1.25. The lowest BCUT2D eigenvalue weighted by atomic mass is 10.3. The summed E-state index contributed by atoms with van der Waals surface area (Å²) < 4.78 is 5.15. The van der Waals surface area contributed by atoms with Gasteiger partial charge in [0.05, 0.1) is 15.7 Å². The van der Waals surface area contributed by atoms with Gasteiger partial charge in [-0.25, -0.2) is 4.72 Å². The molecule has 1 aliphatic heterocycles. The summed E-state index contributed by atoms with van der Waals surface area (Å²) in [5.41, 5.74) is 0.827. The quantitative estimate of drug-likeness (QED) is 0.784. The van der Waals surface area contributed by atoms with Crippen LogP contribution in [-0.4, -0.2) is 13.1 Å². The molecule has 1 aliphatic rings. The van der Waals surface area contributed by atoms with Crippen LogP contribution in [0.25, 0.3) is 0 Å². The molecule has 0 atom stereocenters. The minimum Gasteiger partial charge on any atom is -0.299 e. The Balaban J connectivity index is 2.40. The van der Waals surface area contributed by atoms with E-state index in [1.165, 1.54) is 12.1 Å². The summed E-state index contributed by atoms with van der Waals surface area (Å²) >= 11 is 19.4. The van der Waals surface area contributed by atoms with Crippen molar-refractivity contribution >= 4 is 52.6 Å². The van der Waals surface area contributed by atoms with E-state index in [-0.39, 0.29) is 0 Å². The fourth-order valence-corrected chi connectivity index (χ4v) is 3.18. The molecule has 2 rings (SSSR count). The lowest BCUT2D eigenvalue weighted by Gasteiger charge is -2.17. The van der Waals surface area contributed by atoms with Gasteiger partial charge < -0.3 is 0 Å². The van der Waals surface area contributed by atoms with Gasteiger partial charge in [-0.3, -0.25) is 4.31 Å². The average molecular weight is 270 g/mol. The van der Waals surface area contributed by atoms with Crippen LogP contribution in [0.15, 0.2) is 12.1 Å². The third-order valence-corrected chi connectivity index (χ3v) is 3.54. The third-order valence-electron chi connectivity index (χ3n) is 1.82. The third kappa shape index (κ3) is 2.07. The van der Waals surface area contributed by atoms with E-state index in [1.807, 2.05) is 4.31 Å². The van der Waals surface area contributed by atoms with Gasteiger partial charge in [0.2, 0.25) is 0 Å². The van der Waals surface area contributed by atoms with Gasteiger partial charge in [0, 0.05) is 30.2 Å². The number of nitrogens with zero attached hydrogens (tertiary/aromatic N) is 1. The molecule has 1 saturated heterocycles. The number of benzene rings is 1. The van der Waals surface area contributed by atoms with Gasteiger partial charge in [-0.2, -0.15) is 0 Å². The Bertz CT molecular complexity index is 329. The topological polar surface area (TPSA) is 15.3 Å². The standard InChI is InChI=1S/C8H7Cl3N2S/c9-5-3-6(10)8(7(11)4-5)13-2-1-12-14-13/h3-4,12H,1-2H2. The van der Waals surface area contributed by atoms with E-state index >= 15 is 0 Å². The van der Waals surface area contributed by atoms with E-state index in [0.717, 1.165) is 18.8 Å². The summed E-state index contributed by atoms with van der Waals surface area (Å²) in [4.78, 5) is 0. The van der Waals surface area contributed by atoms with E-state index < -0.39 is 0 Å². The minimum atomic E-state index is 0.556. The number of nitrogens with one attached hydrogen (secondary N) is 1. The molecular weight excluding hydrogens is 263 g/mol. The highest BCUT2D eigenvalue weighted by Crippen LogP contribution is 2.39. The van der Waals surface area contributed by atoms with Gasteiger partial charge in [0.25, 0.3) is 0 Å². The molecule has 1 aromatic carbocycles. The molecule has 6 heteroatoms. The first kappa shape index (κ1) is 10.7. The van der Waals surface area contributed by atoms with Crippen molar-refractivity contribution in [3.8, 4) is 0 Å². The largest absolute Gasteiger partial charge is 0.299 e. The summed E-state index contributed by atoms with van der Waals surface area (Å²) in [6.07, 6.45) is 0. The Morgan fingerprint density at radius 2 is 1.86 bits per heavy atom. The van der Waals surface area contributed by atoms with E-state index in [0.29, 0.717) is 15.1 Å². The molecule has 0 bridgehead atoms. The molecule has 2 nitrogen and oxygen atoms in total. The van der Waals surface area contributed by atoms with Crippen LogP contribution in [0.4, 0.5) is 5.69 Å². The average Bonchev–Trinajstić information content (AvgIpc) is 2.54. The molecule has 0 aliphatic carbocycles. The summed E-state index contributed by atoms with van der Waals surface area (Å²) in [5.74, 6) is 0. The van der Waals surface area contributed by atoms with E-state index in [2.05, 4.69) is 4.72 Å². The fraction of sp³-hybridized carbons (Fsp3) is 0.250. The van der Waals surface area contributed by atoms with Gasteiger partial charge in [-0.1, -0.05) is 34.8 Å². The van der Waals surface area contributed by atoms with Crippen LogP contribution in [-0.2, 0) is 0 Å². The second-order valence-electron chi connectivity index (χ2n) is 2.81. The van der Waals surface area contributed by atoms with Crippen LogP contribution in [0, 0.1) is 0 Å². The Morgan fingerprint density at radius 3 is 2.36 bits per heavy atom. The second kappa shape index (κ2) is 4.37. The molecular formula is C8H7Cl3N2S. The molecule has 0 saturated carbocycles. The first-order valence-electron chi connectivity index (χ1n) is 4.00. The van der Waals surface area contributed by atoms with E-state index in [1.54, 1.807) is 12.1 Å². The molecule has 0 aromatic heterocycles. The summed E-state index contributed by atoms with van der Waals surface area (Å²) in [5, 5.41) is 1.72. The predicted molar refractivity (Wildman–Crippen MR) is 64.4 cm³/mol. The zero-order chi connectivity index (χ0) is 10.1. The monoisotopic (exact) mass is 268 g/mol. The predicted octanol–water partition coefficient (Wildman–Crippen LogP) is 3.62. The molecule has 0 unspecified atom stereocenters. The van der Waals surface area contributed by atoms with Crippen molar-refractivity contribution in [3.63, 3.8) is 0 Å².